The second kappa shape index (κ2) is 5.13. The van der Waals surface area contributed by atoms with Crippen molar-refractivity contribution in [2.75, 3.05) is 6.61 Å². The van der Waals surface area contributed by atoms with Crippen molar-refractivity contribution in [3.05, 3.63) is 34.9 Å². The Hall–Kier alpha value is -0.860. The van der Waals surface area contributed by atoms with Gasteiger partial charge in [0, 0.05) is 0 Å². The fourth-order valence-electron chi connectivity index (χ4n) is 1.50. The lowest BCUT2D eigenvalue weighted by atomic mass is 10.0. The maximum atomic E-state index is 5.19. The highest BCUT2D eigenvalue weighted by Crippen LogP contribution is 2.18. The van der Waals surface area contributed by atoms with Crippen LogP contribution in [0.5, 0.6) is 0 Å². The molecule has 0 fully saturated rings. The van der Waals surface area contributed by atoms with Gasteiger partial charge in [0.1, 0.15) is 0 Å². The van der Waals surface area contributed by atoms with Crippen LogP contribution in [0.15, 0.2) is 18.2 Å². The molecule has 0 aliphatic carbocycles. The molecule has 78 valence electrons. The van der Waals surface area contributed by atoms with Crippen molar-refractivity contribution in [1.82, 2.24) is 5.48 Å². The van der Waals surface area contributed by atoms with Crippen molar-refractivity contribution >= 4 is 0 Å². The quantitative estimate of drug-likeness (QED) is 0.742. The number of hydrogen-bond acceptors (Lipinski definition) is 2. The molecule has 0 bridgehead atoms. The smallest absolute Gasteiger partial charge is 0.0654 e. The van der Waals surface area contributed by atoms with Crippen LogP contribution >= 0.6 is 0 Å². The van der Waals surface area contributed by atoms with Gasteiger partial charge in [0.2, 0.25) is 0 Å². The molecule has 2 nitrogen and oxygen atoms in total. The lowest BCUT2D eigenvalue weighted by Crippen LogP contribution is -2.19. The molecule has 0 amide bonds. The number of aryl methyl sites for hydroxylation is 2. The summed E-state index contributed by atoms with van der Waals surface area (Å²) in [6.45, 7) is 9.00. The first kappa shape index (κ1) is 11.2. The molecule has 14 heavy (non-hydrogen) atoms. The maximum absolute atomic E-state index is 5.19. The Kier molecular flexibility index (Phi) is 4.11. The standard InChI is InChI=1S/C12H19NO/c1-5-14-13-11(4)12-8-9(2)6-7-10(12)3/h6-8,11,13H,5H2,1-4H3. The van der Waals surface area contributed by atoms with Gasteiger partial charge in [-0.2, -0.15) is 5.48 Å². The number of rotatable bonds is 4. The van der Waals surface area contributed by atoms with Crippen LogP contribution in [0.25, 0.3) is 0 Å². The largest absolute Gasteiger partial charge is 0.302 e. The van der Waals surface area contributed by atoms with Gasteiger partial charge in [0.05, 0.1) is 12.6 Å². The highest BCUT2D eigenvalue weighted by molar-refractivity contribution is 5.32. The average molecular weight is 193 g/mol. The van der Waals surface area contributed by atoms with E-state index in [1.54, 1.807) is 0 Å². The summed E-state index contributed by atoms with van der Waals surface area (Å²) in [6, 6.07) is 6.72. The van der Waals surface area contributed by atoms with Crippen molar-refractivity contribution in [2.24, 2.45) is 0 Å². The topological polar surface area (TPSA) is 21.3 Å². The summed E-state index contributed by atoms with van der Waals surface area (Å²) in [5.41, 5.74) is 6.91. The van der Waals surface area contributed by atoms with Crippen LogP contribution < -0.4 is 5.48 Å². The van der Waals surface area contributed by atoms with Gasteiger partial charge in [-0.1, -0.05) is 23.8 Å². The Labute approximate surface area is 86.2 Å². The van der Waals surface area contributed by atoms with E-state index in [4.69, 9.17) is 4.84 Å². The minimum Gasteiger partial charge on any atom is -0.302 e. The van der Waals surface area contributed by atoms with Gasteiger partial charge in [0.25, 0.3) is 0 Å². The van der Waals surface area contributed by atoms with E-state index in [1.807, 2.05) is 6.92 Å². The van der Waals surface area contributed by atoms with E-state index >= 15 is 0 Å². The molecule has 0 aliphatic rings. The van der Waals surface area contributed by atoms with Gasteiger partial charge in [-0.3, -0.25) is 0 Å². The second-order valence-electron chi connectivity index (χ2n) is 3.63. The average Bonchev–Trinajstić information content (AvgIpc) is 2.18. The molecule has 1 rings (SSSR count). The fraction of sp³-hybridized carbons (Fsp3) is 0.500. The molecule has 1 atom stereocenters. The molecule has 1 aromatic rings. The lowest BCUT2D eigenvalue weighted by Gasteiger charge is -2.16. The first-order chi connectivity index (χ1) is 6.65. The molecular formula is C12H19NO. The third kappa shape index (κ3) is 2.82. The van der Waals surface area contributed by atoms with Gasteiger partial charge < -0.3 is 4.84 Å². The number of hydrogen-bond donors (Lipinski definition) is 1. The van der Waals surface area contributed by atoms with Gasteiger partial charge in [-0.25, -0.2) is 0 Å². The second-order valence-corrected chi connectivity index (χ2v) is 3.63. The zero-order chi connectivity index (χ0) is 10.6. The summed E-state index contributed by atoms with van der Waals surface area (Å²) in [6.07, 6.45) is 0. The predicted octanol–water partition coefficient (Wildman–Crippen LogP) is 2.91. The van der Waals surface area contributed by atoms with Gasteiger partial charge >= 0.3 is 0 Å². The van der Waals surface area contributed by atoms with Crippen LogP contribution in [0.3, 0.4) is 0 Å². The van der Waals surface area contributed by atoms with E-state index in [0.29, 0.717) is 6.61 Å². The van der Waals surface area contributed by atoms with Gasteiger partial charge in [-0.05, 0) is 38.8 Å². The number of hydroxylamine groups is 1. The summed E-state index contributed by atoms with van der Waals surface area (Å²) >= 11 is 0. The first-order valence-electron chi connectivity index (χ1n) is 5.09. The molecule has 0 aromatic heterocycles. The normalized spacial score (nSPS) is 12.9. The van der Waals surface area contributed by atoms with Crippen LogP contribution in [-0.4, -0.2) is 6.61 Å². The Morgan fingerprint density at radius 2 is 2.07 bits per heavy atom. The molecule has 0 radical (unpaired) electrons. The molecule has 1 unspecified atom stereocenters. The minimum absolute atomic E-state index is 0.245. The lowest BCUT2D eigenvalue weighted by molar-refractivity contribution is 0.0283. The first-order valence-corrected chi connectivity index (χ1v) is 5.09. The fourth-order valence-corrected chi connectivity index (χ4v) is 1.50. The van der Waals surface area contributed by atoms with E-state index in [0.717, 1.165) is 0 Å². The predicted molar refractivity (Wildman–Crippen MR) is 59.1 cm³/mol. The van der Waals surface area contributed by atoms with E-state index in [2.05, 4.69) is 44.5 Å². The van der Waals surface area contributed by atoms with Crippen molar-refractivity contribution < 1.29 is 4.84 Å². The van der Waals surface area contributed by atoms with Gasteiger partial charge in [-0.15, -0.1) is 0 Å². The Balaban J connectivity index is 2.77. The number of nitrogens with one attached hydrogen (secondary N) is 1. The van der Waals surface area contributed by atoms with Crippen LogP contribution in [0.4, 0.5) is 0 Å². The molecule has 0 saturated carbocycles. The summed E-state index contributed by atoms with van der Waals surface area (Å²) in [7, 11) is 0. The Bertz CT molecular complexity index is 296. The highest BCUT2D eigenvalue weighted by Gasteiger charge is 2.07. The molecular weight excluding hydrogens is 174 g/mol. The van der Waals surface area contributed by atoms with E-state index in [1.165, 1.54) is 16.7 Å². The molecule has 0 saturated heterocycles. The van der Waals surface area contributed by atoms with Crippen LogP contribution in [0.1, 0.15) is 36.6 Å². The van der Waals surface area contributed by atoms with Crippen molar-refractivity contribution in [1.29, 1.82) is 0 Å². The highest BCUT2D eigenvalue weighted by atomic mass is 16.6. The summed E-state index contributed by atoms with van der Waals surface area (Å²) < 4.78 is 0. The SMILES string of the molecule is CCONC(C)c1cc(C)ccc1C. The van der Waals surface area contributed by atoms with Crippen LogP contribution in [0.2, 0.25) is 0 Å². The Morgan fingerprint density at radius 1 is 1.36 bits per heavy atom. The van der Waals surface area contributed by atoms with E-state index in [9.17, 15) is 0 Å². The molecule has 1 N–H and O–H groups in total. The van der Waals surface area contributed by atoms with Crippen molar-refractivity contribution in [2.45, 2.75) is 33.7 Å². The van der Waals surface area contributed by atoms with Crippen LogP contribution in [-0.2, 0) is 4.84 Å². The molecule has 0 aliphatic heterocycles. The molecule has 0 spiro atoms. The third-order valence-electron chi connectivity index (χ3n) is 2.31. The van der Waals surface area contributed by atoms with Crippen LogP contribution in [0, 0.1) is 13.8 Å². The summed E-state index contributed by atoms with van der Waals surface area (Å²) in [4.78, 5) is 5.19. The molecule has 1 aromatic carbocycles. The van der Waals surface area contributed by atoms with E-state index < -0.39 is 0 Å². The summed E-state index contributed by atoms with van der Waals surface area (Å²) in [5.74, 6) is 0. The van der Waals surface area contributed by atoms with Crippen molar-refractivity contribution in [3.63, 3.8) is 0 Å². The Morgan fingerprint density at radius 3 is 2.71 bits per heavy atom. The van der Waals surface area contributed by atoms with Gasteiger partial charge in [0.15, 0.2) is 0 Å². The number of benzene rings is 1. The minimum atomic E-state index is 0.245. The summed E-state index contributed by atoms with van der Waals surface area (Å²) in [5, 5.41) is 0. The molecule has 2 heteroatoms. The zero-order valence-corrected chi connectivity index (χ0v) is 9.42. The molecule has 0 heterocycles. The van der Waals surface area contributed by atoms with E-state index in [-0.39, 0.29) is 6.04 Å². The monoisotopic (exact) mass is 193 g/mol. The van der Waals surface area contributed by atoms with Crippen molar-refractivity contribution in [3.8, 4) is 0 Å². The third-order valence-corrected chi connectivity index (χ3v) is 2.31. The maximum Gasteiger partial charge on any atom is 0.0654 e. The zero-order valence-electron chi connectivity index (χ0n) is 9.42.